The standard InChI is InChI=1S/C17H18Br2N4O6S.Na/c1-2-23(8-12(24)9-30(27,28)29)11-3-4-15(13(6-11)17(25)26)21-22-16-14(19)5-10(18)7-20-16;/h3-7,12,24H,2,8-9H2,1H3,(H,25,26)(H,27,28,29);/q;+1/p-1. The van der Waals surface area contributed by atoms with Gasteiger partial charge in [-0.25, -0.2) is 4.98 Å². The molecule has 14 heteroatoms. The van der Waals surface area contributed by atoms with Crippen LogP contribution in [0.5, 0.6) is 0 Å². The molecule has 0 aliphatic heterocycles. The zero-order valence-electron chi connectivity index (χ0n) is 16.6. The third-order valence-corrected chi connectivity index (χ3v) is 5.65. The van der Waals surface area contributed by atoms with E-state index in [1.165, 1.54) is 18.3 Å². The molecular formula is C17H17Br2N4NaO6S. The van der Waals surface area contributed by atoms with Crippen LogP contribution in [-0.2, 0) is 10.1 Å². The topological polar surface area (TPSA) is 156 Å². The van der Waals surface area contributed by atoms with Gasteiger partial charge in [0.1, 0.15) is 5.75 Å². The number of carbonyl (C=O) groups excluding carboxylic acids is 1. The Hall–Kier alpha value is -0.930. The van der Waals surface area contributed by atoms with E-state index in [4.69, 9.17) is 4.55 Å². The number of aliphatic hydroxyl groups is 1. The molecule has 1 aromatic carbocycles. The van der Waals surface area contributed by atoms with Gasteiger partial charge in [-0.2, -0.15) is 8.42 Å². The molecular weight excluding hydrogens is 571 g/mol. The van der Waals surface area contributed by atoms with E-state index in [-0.39, 0.29) is 53.2 Å². The molecule has 0 saturated carbocycles. The number of rotatable bonds is 9. The summed E-state index contributed by atoms with van der Waals surface area (Å²) in [6.07, 6.45) is 0.144. The molecule has 0 bridgehead atoms. The molecule has 2 N–H and O–H groups in total. The van der Waals surface area contributed by atoms with Crippen LogP contribution < -0.4 is 39.6 Å². The van der Waals surface area contributed by atoms with E-state index in [1.54, 1.807) is 24.0 Å². The molecule has 2 rings (SSSR count). The molecule has 0 aliphatic carbocycles. The van der Waals surface area contributed by atoms with Gasteiger partial charge in [-0.3, -0.25) is 4.55 Å². The van der Waals surface area contributed by atoms with Gasteiger partial charge in [-0.15, -0.1) is 10.2 Å². The summed E-state index contributed by atoms with van der Waals surface area (Å²) in [7, 11) is -4.35. The van der Waals surface area contributed by atoms with Gasteiger partial charge in [0.15, 0.2) is 5.82 Å². The van der Waals surface area contributed by atoms with Gasteiger partial charge >= 0.3 is 29.6 Å². The summed E-state index contributed by atoms with van der Waals surface area (Å²) in [6.45, 7) is 1.94. The Morgan fingerprint density at radius 2 is 1.97 bits per heavy atom. The summed E-state index contributed by atoms with van der Waals surface area (Å²) in [5.41, 5.74) is 0.185. The largest absolute Gasteiger partial charge is 1.00 e. The SMILES string of the molecule is CCN(CC(O)CS(=O)(=O)O)c1ccc(N=Nc2ncc(Br)cc2Br)c(C(=O)[O-])c1.[Na+]. The Bertz CT molecular complexity index is 1070. The summed E-state index contributed by atoms with van der Waals surface area (Å²) in [6, 6.07) is 5.96. The van der Waals surface area contributed by atoms with Crippen molar-refractivity contribution in [3.8, 4) is 0 Å². The number of carbonyl (C=O) groups is 1. The van der Waals surface area contributed by atoms with Crippen molar-refractivity contribution in [1.29, 1.82) is 0 Å². The monoisotopic (exact) mass is 586 g/mol. The van der Waals surface area contributed by atoms with Crippen LogP contribution in [0.1, 0.15) is 17.3 Å². The van der Waals surface area contributed by atoms with Gasteiger partial charge in [0, 0.05) is 35.0 Å². The Kier molecular flexibility index (Phi) is 11.2. The van der Waals surface area contributed by atoms with Crippen molar-refractivity contribution in [1.82, 2.24) is 4.98 Å². The molecule has 162 valence electrons. The van der Waals surface area contributed by atoms with Crippen LogP contribution in [0.2, 0.25) is 0 Å². The van der Waals surface area contributed by atoms with Crippen molar-refractivity contribution >= 4 is 65.1 Å². The van der Waals surface area contributed by atoms with E-state index in [1.807, 2.05) is 0 Å². The second-order valence-electron chi connectivity index (χ2n) is 6.09. The maximum absolute atomic E-state index is 11.6. The van der Waals surface area contributed by atoms with Crippen molar-refractivity contribution in [2.75, 3.05) is 23.7 Å². The molecule has 1 aromatic heterocycles. The number of nitrogens with zero attached hydrogens (tertiary/aromatic N) is 4. The van der Waals surface area contributed by atoms with Gasteiger partial charge in [0.2, 0.25) is 0 Å². The van der Waals surface area contributed by atoms with Crippen LogP contribution >= 0.6 is 31.9 Å². The number of pyridine rings is 1. The Labute approximate surface area is 218 Å². The van der Waals surface area contributed by atoms with E-state index in [2.05, 4.69) is 47.1 Å². The van der Waals surface area contributed by atoms with E-state index in [9.17, 15) is 23.4 Å². The quantitative estimate of drug-likeness (QED) is 0.225. The average Bonchev–Trinajstić information content (AvgIpc) is 2.64. The minimum Gasteiger partial charge on any atom is -0.545 e. The van der Waals surface area contributed by atoms with Crippen molar-refractivity contribution in [3.63, 3.8) is 0 Å². The number of likely N-dealkylation sites (N-methyl/N-ethyl adjacent to an activating group) is 1. The molecule has 0 aliphatic rings. The number of benzene rings is 1. The normalized spacial score (nSPS) is 12.4. The number of aromatic carboxylic acids is 1. The fourth-order valence-electron chi connectivity index (χ4n) is 2.52. The fraction of sp³-hybridized carbons (Fsp3) is 0.294. The first kappa shape index (κ1) is 28.1. The number of aromatic nitrogens is 1. The molecule has 1 heterocycles. The Morgan fingerprint density at radius 3 is 2.52 bits per heavy atom. The Balaban J connectivity index is 0.00000480. The zero-order valence-corrected chi connectivity index (χ0v) is 22.6. The Morgan fingerprint density at radius 1 is 1.29 bits per heavy atom. The maximum Gasteiger partial charge on any atom is 1.00 e. The molecule has 0 fully saturated rings. The van der Waals surface area contributed by atoms with E-state index in [0.717, 1.165) is 4.47 Å². The van der Waals surface area contributed by atoms with Crippen LogP contribution in [-0.4, -0.2) is 54.0 Å². The van der Waals surface area contributed by atoms with Crippen molar-refractivity contribution in [3.05, 3.63) is 45.0 Å². The summed E-state index contributed by atoms with van der Waals surface area (Å²) in [5.74, 6) is -2.07. The van der Waals surface area contributed by atoms with Crippen LogP contribution in [0, 0.1) is 0 Å². The van der Waals surface area contributed by atoms with Crippen LogP contribution in [0.4, 0.5) is 17.2 Å². The number of anilines is 1. The van der Waals surface area contributed by atoms with Gasteiger partial charge in [0.25, 0.3) is 10.1 Å². The number of halogens is 2. The summed E-state index contributed by atoms with van der Waals surface area (Å²) in [5, 5.41) is 29.4. The number of carboxylic acid groups (broad SMARTS) is 1. The summed E-state index contributed by atoms with van der Waals surface area (Å²) >= 11 is 6.55. The molecule has 0 spiro atoms. The van der Waals surface area contributed by atoms with Gasteiger partial charge in [-0.05, 0) is 63.0 Å². The third-order valence-electron chi connectivity index (χ3n) is 3.82. The van der Waals surface area contributed by atoms with Gasteiger partial charge < -0.3 is 19.9 Å². The number of azo groups is 1. The predicted molar refractivity (Wildman–Crippen MR) is 115 cm³/mol. The average molecular weight is 588 g/mol. The maximum atomic E-state index is 11.6. The minimum absolute atomic E-state index is 0. The molecule has 1 atom stereocenters. The number of aliphatic hydroxyl groups excluding tert-OH is 1. The first-order chi connectivity index (χ1) is 14.0. The van der Waals surface area contributed by atoms with Crippen molar-refractivity contribution in [2.24, 2.45) is 10.2 Å². The predicted octanol–water partition coefficient (Wildman–Crippen LogP) is -0.535. The first-order valence-corrected chi connectivity index (χ1v) is 11.7. The minimum atomic E-state index is -4.35. The number of hydrogen-bond acceptors (Lipinski definition) is 9. The summed E-state index contributed by atoms with van der Waals surface area (Å²) in [4.78, 5) is 17.2. The molecule has 10 nitrogen and oxygen atoms in total. The number of hydrogen-bond donors (Lipinski definition) is 2. The summed E-state index contributed by atoms with van der Waals surface area (Å²) < 4.78 is 32.0. The van der Waals surface area contributed by atoms with Crippen LogP contribution in [0.15, 0.2) is 49.6 Å². The molecule has 1 unspecified atom stereocenters. The smallest absolute Gasteiger partial charge is 0.545 e. The second-order valence-corrected chi connectivity index (χ2v) is 9.36. The molecule has 31 heavy (non-hydrogen) atoms. The zero-order chi connectivity index (χ0) is 22.5. The fourth-order valence-corrected chi connectivity index (χ4v) is 4.18. The van der Waals surface area contributed by atoms with Gasteiger partial charge in [-0.1, -0.05) is 0 Å². The van der Waals surface area contributed by atoms with E-state index in [0.29, 0.717) is 16.7 Å². The molecule has 0 saturated heterocycles. The number of carboxylic acids is 1. The first-order valence-electron chi connectivity index (χ1n) is 8.46. The van der Waals surface area contributed by atoms with Crippen molar-refractivity contribution in [2.45, 2.75) is 13.0 Å². The van der Waals surface area contributed by atoms with E-state index >= 15 is 0 Å². The van der Waals surface area contributed by atoms with Crippen LogP contribution in [0.3, 0.4) is 0 Å². The molecule has 0 radical (unpaired) electrons. The molecule has 2 aromatic rings. The van der Waals surface area contributed by atoms with Crippen molar-refractivity contribution < 1.29 is 57.5 Å². The van der Waals surface area contributed by atoms with Crippen LogP contribution in [0.25, 0.3) is 0 Å². The third kappa shape index (κ3) is 8.85. The second kappa shape index (κ2) is 12.3. The van der Waals surface area contributed by atoms with E-state index < -0.39 is 27.9 Å². The molecule has 0 amide bonds. The van der Waals surface area contributed by atoms with Gasteiger partial charge in [0.05, 0.1) is 22.2 Å².